The van der Waals surface area contributed by atoms with E-state index in [1.807, 2.05) is 6.07 Å². The molecule has 1 saturated carbocycles. The quantitative estimate of drug-likeness (QED) is 0.299. The van der Waals surface area contributed by atoms with E-state index in [0.29, 0.717) is 50.9 Å². The Morgan fingerprint density at radius 3 is 2.29 bits per heavy atom. The van der Waals surface area contributed by atoms with Gasteiger partial charge in [0.1, 0.15) is 29.4 Å². The summed E-state index contributed by atoms with van der Waals surface area (Å²) in [6.07, 6.45) is 8.79. The van der Waals surface area contributed by atoms with Crippen molar-refractivity contribution >= 4 is 52.6 Å². The lowest BCUT2D eigenvalue weighted by Crippen LogP contribution is -2.54. The summed E-state index contributed by atoms with van der Waals surface area (Å²) in [5.74, 6) is 0.950. The Balaban J connectivity index is 0.700. The van der Waals surface area contributed by atoms with Gasteiger partial charge >= 0.3 is 0 Å². The molecular weight excluding hydrogens is 774 g/mol. The lowest BCUT2D eigenvalue weighted by molar-refractivity contribution is -0.136. The van der Waals surface area contributed by atoms with Crippen LogP contribution in [0.25, 0.3) is 0 Å². The van der Waals surface area contributed by atoms with E-state index in [0.717, 1.165) is 101 Å². The van der Waals surface area contributed by atoms with Crippen molar-refractivity contribution in [2.75, 3.05) is 55.6 Å². The van der Waals surface area contributed by atoms with Gasteiger partial charge in [0.05, 0.1) is 40.2 Å². The highest BCUT2D eigenvalue weighted by Gasteiger charge is 2.45. The van der Waals surface area contributed by atoms with Gasteiger partial charge < -0.3 is 24.8 Å². The number of nitrogens with zero attached hydrogens (tertiary/aromatic N) is 7. The van der Waals surface area contributed by atoms with Gasteiger partial charge in [-0.05, 0) is 93.0 Å². The minimum absolute atomic E-state index is 0.0221. The first-order valence-corrected chi connectivity index (χ1v) is 21.0. The minimum Gasteiger partial charge on any atom is -0.490 e. The molecule has 306 valence electrons. The molecule has 15 nitrogen and oxygen atoms in total. The van der Waals surface area contributed by atoms with Gasteiger partial charge in [0.25, 0.3) is 17.7 Å². The molecule has 3 aromatic rings. The summed E-state index contributed by atoms with van der Waals surface area (Å²) in [5, 5.41) is 14.8. The van der Waals surface area contributed by atoms with Gasteiger partial charge in [-0.2, -0.15) is 5.26 Å². The number of aromatic nitrogens is 2. The number of ether oxygens (including phenoxy) is 1. The van der Waals surface area contributed by atoms with Gasteiger partial charge in [-0.1, -0.05) is 11.6 Å². The van der Waals surface area contributed by atoms with Crippen molar-refractivity contribution in [3.63, 3.8) is 0 Å². The van der Waals surface area contributed by atoms with Crippen LogP contribution in [0.2, 0.25) is 5.02 Å². The van der Waals surface area contributed by atoms with Gasteiger partial charge in [-0.3, -0.25) is 34.2 Å². The minimum atomic E-state index is -0.970. The van der Waals surface area contributed by atoms with Crippen LogP contribution in [0.1, 0.15) is 88.1 Å². The molecule has 2 N–H and O–H groups in total. The summed E-state index contributed by atoms with van der Waals surface area (Å²) in [6, 6.07) is 11.6. The second kappa shape index (κ2) is 16.2. The number of piperidine rings is 2. The van der Waals surface area contributed by atoms with E-state index in [2.05, 4.69) is 41.4 Å². The zero-order valence-electron chi connectivity index (χ0n) is 32.6. The SMILES string of the molecule is N#Cc1ccc(O[C@H]2CC[C@H](NC(=O)c3cnc(N4CC5CN(CC6CCN(c7ccc8c(c7)C(=O)N(C7CCC(=O)NC7=O)C8=O)CC6)CC5C4)cn3)CC2)cc1Cl. The topological polar surface area (TPSA) is 181 Å². The first-order valence-electron chi connectivity index (χ1n) is 20.7. The number of likely N-dealkylation sites (tertiary alicyclic amines) is 1. The highest BCUT2D eigenvalue weighted by Crippen LogP contribution is 2.36. The van der Waals surface area contributed by atoms with Crippen molar-refractivity contribution in [2.45, 2.75) is 69.6 Å². The van der Waals surface area contributed by atoms with Gasteiger partial charge in [-0.15, -0.1) is 0 Å². The average molecular weight is 820 g/mol. The van der Waals surface area contributed by atoms with Crippen molar-refractivity contribution in [2.24, 2.45) is 17.8 Å². The number of halogens is 1. The summed E-state index contributed by atoms with van der Waals surface area (Å²) in [7, 11) is 0. The molecule has 3 atom stereocenters. The Morgan fingerprint density at radius 1 is 0.864 bits per heavy atom. The predicted molar refractivity (Wildman–Crippen MR) is 216 cm³/mol. The summed E-state index contributed by atoms with van der Waals surface area (Å²) in [4.78, 5) is 80.9. The van der Waals surface area contributed by atoms with Crippen LogP contribution in [0.5, 0.6) is 5.75 Å². The van der Waals surface area contributed by atoms with Crippen LogP contribution in [0.3, 0.4) is 0 Å². The molecule has 1 aromatic heterocycles. The smallest absolute Gasteiger partial charge is 0.271 e. The maximum absolute atomic E-state index is 13.3. The van der Waals surface area contributed by atoms with Crippen LogP contribution >= 0.6 is 11.6 Å². The third-order valence-electron chi connectivity index (χ3n) is 13.0. The standard InChI is InChI=1S/C43H46ClN9O6/c44-35-16-32(5-1-26(35)17-45)59-31-6-2-29(3-7-31)48-40(55)36-18-47-38(19-46-36)52-23-27-21-50(22-28(27)24-52)20-25-11-13-51(14-12-25)30-4-8-33-34(15-30)43(58)53(42(33)57)37-9-10-39(54)49-41(37)56/h1,4-5,8,15-16,18-19,25,27-29,31,37H,2-3,6-7,9-14,20-24H2,(H,48,55)(H,49,54,56)/t27?,28?,29-,31-,37?. The molecule has 2 aromatic carbocycles. The molecule has 59 heavy (non-hydrogen) atoms. The molecule has 16 heteroatoms. The van der Waals surface area contributed by atoms with E-state index < -0.39 is 29.7 Å². The number of benzene rings is 2. The molecule has 6 heterocycles. The number of hydrogen-bond donors (Lipinski definition) is 2. The number of carbonyl (C=O) groups excluding carboxylic acids is 5. The number of hydrogen-bond acceptors (Lipinski definition) is 12. The Labute approximate surface area is 347 Å². The van der Waals surface area contributed by atoms with E-state index >= 15 is 0 Å². The highest BCUT2D eigenvalue weighted by atomic mass is 35.5. The Hall–Kier alpha value is -5.59. The second-order valence-electron chi connectivity index (χ2n) is 16.8. The van der Waals surface area contributed by atoms with Gasteiger partial charge in [0.2, 0.25) is 11.8 Å². The van der Waals surface area contributed by atoms with E-state index in [1.165, 1.54) is 0 Å². The van der Waals surface area contributed by atoms with Crippen LogP contribution in [0, 0.1) is 29.1 Å². The number of imide groups is 2. The Bertz CT molecular complexity index is 2200. The van der Waals surface area contributed by atoms with E-state index in [-0.39, 0.29) is 30.9 Å². The number of nitriles is 1. The van der Waals surface area contributed by atoms with E-state index in [4.69, 9.17) is 21.6 Å². The molecule has 9 rings (SSSR count). The summed E-state index contributed by atoms with van der Waals surface area (Å²) < 4.78 is 6.09. The lowest BCUT2D eigenvalue weighted by Gasteiger charge is -2.35. The maximum atomic E-state index is 13.3. The molecule has 5 aliphatic heterocycles. The Morgan fingerprint density at radius 2 is 1.61 bits per heavy atom. The number of nitrogens with one attached hydrogen (secondary N) is 2. The van der Waals surface area contributed by atoms with Gasteiger partial charge in [0, 0.05) is 70.0 Å². The fourth-order valence-electron chi connectivity index (χ4n) is 9.86. The summed E-state index contributed by atoms with van der Waals surface area (Å²) in [6.45, 7) is 6.71. The van der Waals surface area contributed by atoms with E-state index in [9.17, 15) is 24.0 Å². The fraction of sp³-hybridized carbons (Fsp3) is 0.488. The van der Waals surface area contributed by atoms with Crippen molar-refractivity contribution in [3.05, 3.63) is 76.2 Å². The van der Waals surface area contributed by atoms with Crippen LogP contribution < -0.4 is 25.2 Å². The molecule has 4 saturated heterocycles. The third kappa shape index (κ3) is 7.95. The zero-order chi connectivity index (χ0) is 40.8. The van der Waals surface area contributed by atoms with Crippen LogP contribution in [-0.2, 0) is 9.59 Å². The van der Waals surface area contributed by atoms with E-state index in [1.54, 1.807) is 42.7 Å². The number of rotatable bonds is 9. The van der Waals surface area contributed by atoms with Crippen LogP contribution in [0.15, 0.2) is 48.8 Å². The summed E-state index contributed by atoms with van der Waals surface area (Å²) >= 11 is 6.15. The van der Waals surface area contributed by atoms with Crippen molar-refractivity contribution in [3.8, 4) is 11.8 Å². The molecule has 1 aliphatic carbocycles. The number of fused-ring (bicyclic) bond motifs is 2. The first kappa shape index (κ1) is 38.9. The number of amides is 5. The molecule has 3 unspecified atom stereocenters. The van der Waals surface area contributed by atoms with Crippen molar-refractivity contribution in [1.29, 1.82) is 5.26 Å². The fourth-order valence-corrected chi connectivity index (χ4v) is 10.1. The largest absolute Gasteiger partial charge is 0.490 e. The summed E-state index contributed by atoms with van der Waals surface area (Å²) in [5.41, 5.74) is 2.25. The second-order valence-corrected chi connectivity index (χ2v) is 17.2. The van der Waals surface area contributed by atoms with Crippen molar-refractivity contribution < 1.29 is 28.7 Å². The number of anilines is 2. The van der Waals surface area contributed by atoms with Gasteiger partial charge in [0.15, 0.2) is 0 Å². The van der Waals surface area contributed by atoms with Crippen LogP contribution in [0.4, 0.5) is 11.5 Å². The molecule has 0 radical (unpaired) electrons. The average Bonchev–Trinajstić information content (AvgIpc) is 3.88. The Kier molecular flexibility index (Phi) is 10.7. The lowest BCUT2D eigenvalue weighted by atomic mass is 9.93. The maximum Gasteiger partial charge on any atom is 0.271 e. The first-order chi connectivity index (χ1) is 28.6. The molecular formula is C43H46ClN9O6. The van der Waals surface area contributed by atoms with Crippen LogP contribution in [-0.4, -0.2) is 113 Å². The normalized spacial score (nSPS) is 26.1. The molecule has 0 bridgehead atoms. The highest BCUT2D eigenvalue weighted by molar-refractivity contribution is 6.31. The van der Waals surface area contributed by atoms with Crippen molar-refractivity contribution in [1.82, 2.24) is 30.4 Å². The molecule has 5 fully saturated rings. The zero-order valence-corrected chi connectivity index (χ0v) is 33.4. The number of carbonyl (C=O) groups is 5. The monoisotopic (exact) mass is 819 g/mol. The molecule has 6 aliphatic rings. The van der Waals surface area contributed by atoms with Gasteiger partial charge in [-0.25, -0.2) is 9.97 Å². The molecule has 0 spiro atoms. The predicted octanol–water partition coefficient (Wildman–Crippen LogP) is 3.81. The molecule has 5 amide bonds. The third-order valence-corrected chi connectivity index (χ3v) is 13.4.